The van der Waals surface area contributed by atoms with Gasteiger partial charge in [0.2, 0.25) is 0 Å². The number of rotatable bonds is 0. The largest absolute Gasteiger partial charge is 0.472 e. The van der Waals surface area contributed by atoms with E-state index in [2.05, 4.69) is 29.2 Å². The van der Waals surface area contributed by atoms with E-state index in [0.717, 1.165) is 27.3 Å². The Hall–Kier alpha value is -2.10. The van der Waals surface area contributed by atoms with Crippen LogP contribution in [0.25, 0.3) is 27.3 Å². The van der Waals surface area contributed by atoms with Crippen LogP contribution in [0.15, 0.2) is 42.5 Å². The minimum absolute atomic E-state index is 0. The molecule has 3 heterocycles. The number of fused-ring (bicyclic) bond motifs is 8. The Kier molecular flexibility index (Phi) is 3.06. The number of imidazole rings is 1. The van der Waals surface area contributed by atoms with Crippen molar-refractivity contribution in [2.75, 3.05) is 13.2 Å². The summed E-state index contributed by atoms with van der Waals surface area (Å²) >= 11 is 0. The van der Waals surface area contributed by atoms with Crippen LogP contribution < -0.4 is 9.47 Å². The van der Waals surface area contributed by atoms with Crippen LogP contribution in [-0.4, -0.2) is 22.6 Å². The summed E-state index contributed by atoms with van der Waals surface area (Å²) in [6, 6.07) is 17.6. The van der Waals surface area contributed by atoms with Crippen molar-refractivity contribution in [2.45, 2.75) is 0 Å². The third-order valence-electron chi connectivity index (χ3n) is 3.88. The van der Waals surface area contributed by atoms with E-state index < -0.39 is 0 Å². The van der Waals surface area contributed by atoms with Crippen LogP contribution in [0.4, 0.5) is 0 Å². The fraction of sp³-hybridized carbons (Fsp3) is 0.118. The number of ether oxygens (including phenoxy) is 2. The number of nitrogens with zero attached hydrogens (tertiary/aromatic N) is 2. The molecule has 2 aromatic heterocycles. The van der Waals surface area contributed by atoms with Crippen molar-refractivity contribution in [1.29, 1.82) is 0 Å². The molecule has 0 fully saturated rings. The normalized spacial score (nSPS) is 13.5. The predicted molar refractivity (Wildman–Crippen MR) is 80.0 cm³/mol. The van der Waals surface area contributed by atoms with Crippen LogP contribution in [-0.2, 0) is 20.1 Å². The zero-order chi connectivity index (χ0) is 13.8. The fourth-order valence-electron chi connectivity index (χ4n) is 3.02. The number of para-hydroxylation sites is 1. The number of pyridine rings is 1. The third kappa shape index (κ3) is 1.70. The first-order valence-corrected chi connectivity index (χ1v) is 6.92. The molecule has 0 N–H and O–H groups in total. The Balaban J connectivity index is 0.00000125. The Morgan fingerprint density at radius 3 is 2.77 bits per heavy atom. The summed E-state index contributed by atoms with van der Waals surface area (Å²) < 4.78 is 13.5. The molecule has 1 aliphatic heterocycles. The smallest absolute Gasteiger partial charge is 0.268 e. The molecule has 1 radical (unpaired) electrons. The maximum absolute atomic E-state index is 5.80. The summed E-state index contributed by atoms with van der Waals surface area (Å²) in [7, 11) is 0. The molecule has 111 valence electrons. The third-order valence-corrected chi connectivity index (χ3v) is 3.88. The van der Waals surface area contributed by atoms with Crippen LogP contribution in [0.3, 0.4) is 0 Å². The molecule has 4 aromatic rings. The molecule has 0 aliphatic carbocycles. The van der Waals surface area contributed by atoms with E-state index in [9.17, 15) is 0 Å². The van der Waals surface area contributed by atoms with Crippen molar-refractivity contribution in [3.05, 3.63) is 48.5 Å². The Morgan fingerprint density at radius 1 is 1.00 bits per heavy atom. The van der Waals surface area contributed by atoms with Gasteiger partial charge in [0.25, 0.3) is 11.8 Å². The van der Waals surface area contributed by atoms with Crippen molar-refractivity contribution in [3.8, 4) is 11.8 Å². The van der Waals surface area contributed by atoms with E-state index in [-0.39, 0.29) is 20.1 Å². The SMILES string of the molecule is [Ir].[c-]1cccc2c1c1nc3c(n1c1ccccc21)OCCO3. The predicted octanol–water partition coefficient (Wildman–Crippen LogP) is 3.21. The van der Waals surface area contributed by atoms with Crippen molar-refractivity contribution in [3.63, 3.8) is 0 Å². The van der Waals surface area contributed by atoms with Gasteiger partial charge in [0.15, 0.2) is 0 Å². The van der Waals surface area contributed by atoms with Crippen molar-refractivity contribution in [2.24, 2.45) is 0 Å². The molecule has 22 heavy (non-hydrogen) atoms. The molecular weight excluding hydrogens is 456 g/mol. The van der Waals surface area contributed by atoms with Gasteiger partial charge in [-0.3, -0.25) is 0 Å². The Bertz CT molecular complexity index is 1010. The molecule has 0 spiro atoms. The number of hydrogen-bond acceptors (Lipinski definition) is 3. The van der Waals surface area contributed by atoms with Gasteiger partial charge in [-0.2, -0.15) is 0 Å². The van der Waals surface area contributed by atoms with Gasteiger partial charge in [0.1, 0.15) is 13.2 Å². The second-order valence-corrected chi connectivity index (χ2v) is 5.05. The van der Waals surface area contributed by atoms with E-state index in [4.69, 9.17) is 9.47 Å². The van der Waals surface area contributed by atoms with Gasteiger partial charge < -0.3 is 13.9 Å². The fourth-order valence-corrected chi connectivity index (χ4v) is 3.02. The number of hydrogen-bond donors (Lipinski definition) is 0. The zero-order valence-corrected chi connectivity index (χ0v) is 13.9. The second kappa shape index (κ2) is 4.97. The molecule has 0 bridgehead atoms. The first kappa shape index (κ1) is 13.6. The van der Waals surface area contributed by atoms with Crippen molar-refractivity contribution >= 4 is 27.3 Å². The maximum atomic E-state index is 5.80. The molecule has 0 amide bonds. The number of aromatic nitrogens is 2. The van der Waals surface area contributed by atoms with Crippen LogP contribution in [0.1, 0.15) is 0 Å². The average molecular weight is 468 g/mol. The van der Waals surface area contributed by atoms with Crippen molar-refractivity contribution < 1.29 is 29.6 Å². The van der Waals surface area contributed by atoms with Gasteiger partial charge in [0.05, 0.1) is 5.65 Å². The quantitative estimate of drug-likeness (QED) is 0.294. The van der Waals surface area contributed by atoms with Gasteiger partial charge in [-0.25, -0.2) is 4.98 Å². The van der Waals surface area contributed by atoms with Gasteiger partial charge in [-0.05, 0) is 11.5 Å². The summed E-state index contributed by atoms with van der Waals surface area (Å²) in [5.41, 5.74) is 1.90. The van der Waals surface area contributed by atoms with E-state index in [1.54, 1.807) is 0 Å². The molecule has 0 atom stereocenters. The molecule has 0 unspecified atom stereocenters. The maximum Gasteiger partial charge on any atom is 0.268 e. The van der Waals surface area contributed by atoms with E-state index in [1.165, 1.54) is 0 Å². The minimum Gasteiger partial charge on any atom is -0.472 e. The summed E-state index contributed by atoms with van der Waals surface area (Å²) in [4.78, 5) is 4.62. The van der Waals surface area contributed by atoms with Gasteiger partial charge in [-0.15, -0.1) is 24.3 Å². The Morgan fingerprint density at radius 2 is 1.82 bits per heavy atom. The molecule has 4 nitrogen and oxygen atoms in total. The molecule has 0 saturated carbocycles. The van der Waals surface area contributed by atoms with Crippen molar-refractivity contribution in [1.82, 2.24) is 9.38 Å². The minimum atomic E-state index is 0. The number of benzene rings is 2. The zero-order valence-electron chi connectivity index (χ0n) is 11.5. The van der Waals surface area contributed by atoms with Gasteiger partial charge in [0, 0.05) is 25.6 Å². The monoisotopic (exact) mass is 468 g/mol. The van der Waals surface area contributed by atoms with E-state index >= 15 is 0 Å². The second-order valence-electron chi connectivity index (χ2n) is 5.05. The summed E-state index contributed by atoms with van der Waals surface area (Å²) in [6.07, 6.45) is 0. The standard InChI is InChI=1S/C17H11N2O2.Ir/c1-2-7-13-11(5-1)12-6-3-4-8-14(12)19-15(13)18-16-17(19)21-10-9-20-16;/h1-6,8H,9-10H2;/q-1;. The molecule has 0 saturated heterocycles. The molecular formula is C17H11IrN2O2-. The van der Waals surface area contributed by atoms with E-state index in [1.807, 2.05) is 28.7 Å². The van der Waals surface area contributed by atoms with E-state index in [0.29, 0.717) is 25.0 Å². The summed E-state index contributed by atoms with van der Waals surface area (Å²) in [6.45, 7) is 1.09. The molecule has 1 aliphatic rings. The van der Waals surface area contributed by atoms with Crippen LogP contribution in [0, 0.1) is 6.07 Å². The molecule has 5 rings (SSSR count). The van der Waals surface area contributed by atoms with Gasteiger partial charge >= 0.3 is 0 Å². The summed E-state index contributed by atoms with van der Waals surface area (Å²) in [5.74, 6) is 1.25. The van der Waals surface area contributed by atoms with Crippen LogP contribution in [0.2, 0.25) is 0 Å². The topological polar surface area (TPSA) is 35.8 Å². The Labute approximate surface area is 140 Å². The van der Waals surface area contributed by atoms with Crippen LogP contribution in [0.5, 0.6) is 11.8 Å². The first-order chi connectivity index (χ1) is 10.4. The average Bonchev–Trinajstić information content (AvgIpc) is 2.95. The molecule has 2 aromatic carbocycles. The van der Waals surface area contributed by atoms with Gasteiger partial charge in [-0.1, -0.05) is 29.0 Å². The summed E-state index contributed by atoms with van der Waals surface area (Å²) in [5, 5.41) is 3.28. The molecule has 5 heteroatoms. The van der Waals surface area contributed by atoms with Crippen LogP contribution >= 0.6 is 0 Å². The first-order valence-electron chi connectivity index (χ1n) is 6.92.